The van der Waals surface area contributed by atoms with E-state index in [4.69, 9.17) is 19.8 Å². The molecule has 8 nitrogen and oxygen atoms in total. The summed E-state index contributed by atoms with van der Waals surface area (Å²) in [6.07, 6.45) is 11.1. The molecule has 132 valence electrons. The van der Waals surface area contributed by atoms with Crippen LogP contribution in [-0.4, -0.2) is 41.7 Å². The van der Waals surface area contributed by atoms with Gasteiger partial charge in [-0.15, -0.1) is 0 Å². The average molecular weight is 344 g/mol. The predicted molar refractivity (Wildman–Crippen MR) is 91.3 cm³/mol. The van der Waals surface area contributed by atoms with Crippen LogP contribution < -0.4 is 0 Å². The standard InChI is InChI=1S/C15H18N4.C2H2O4/c1-2-3-4-15(19-8-7-16-11-19)12-5-6-13-14(9-12)18-10-17-13;3-1(4)2(5)6/h5-11,15H,2-4H2,1H3,(H,17,18);(H,3,4)(H,5,6). The van der Waals surface area contributed by atoms with E-state index in [1.165, 1.54) is 18.4 Å². The molecule has 1 unspecified atom stereocenters. The van der Waals surface area contributed by atoms with E-state index in [1.54, 1.807) is 6.33 Å². The van der Waals surface area contributed by atoms with E-state index in [2.05, 4.69) is 44.6 Å². The summed E-state index contributed by atoms with van der Waals surface area (Å²) in [6, 6.07) is 6.80. The fourth-order valence-electron chi connectivity index (χ4n) is 2.50. The maximum Gasteiger partial charge on any atom is 0.414 e. The summed E-state index contributed by atoms with van der Waals surface area (Å²) in [5.41, 5.74) is 3.42. The third-order valence-corrected chi connectivity index (χ3v) is 3.73. The molecule has 3 rings (SSSR count). The zero-order valence-electron chi connectivity index (χ0n) is 13.8. The Morgan fingerprint density at radius 2 is 2.04 bits per heavy atom. The second-order valence-electron chi connectivity index (χ2n) is 5.46. The molecular formula is C17H20N4O4. The first-order valence-electron chi connectivity index (χ1n) is 7.89. The topological polar surface area (TPSA) is 121 Å². The Balaban J connectivity index is 0.000000326. The predicted octanol–water partition coefficient (Wildman–Crippen LogP) is 2.69. The minimum Gasteiger partial charge on any atom is -0.473 e. The summed E-state index contributed by atoms with van der Waals surface area (Å²) in [7, 11) is 0. The lowest BCUT2D eigenvalue weighted by Gasteiger charge is -2.18. The Kier molecular flexibility index (Phi) is 6.27. The van der Waals surface area contributed by atoms with Gasteiger partial charge in [0.15, 0.2) is 0 Å². The molecule has 0 saturated carbocycles. The Morgan fingerprint density at radius 1 is 1.28 bits per heavy atom. The molecule has 0 radical (unpaired) electrons. The molecule has 0 aliphatic rings. The van der Waals surface area contributed by atoms with Gasteiger partial charge in [0.1, 0.15) is 0 Å². The van der Waals surface area contributed by atoms with Crippen molar-refractivity contribution in [2.75, 3.05) is 0 Å². The van der Waals surface area contributed by atoms with Crippen molar-refractivity contribution in [3.8, 4) is 0 Å². The fourth-order valence-corrected chi connectivity index (χ4v) is 2.50. The summed E-state index contributed by atoms with van der Waals surface area (Å²) < 4.78 is 2.19. The molecule has 1 atom stereocenters. The lowest BCUT2D eigenvalue weighted by Crippen LogP contribution is -2.09. The smallest absolute Gasteiger partial charge is 0.414 e. The van der Waals surface area contributed by atoms with Gasteiger partial charge in [-0.2, -0.15) is 0 Å². The number of hydrogen-bond acceptors (Lipinski definition) is 4. The number of aromatic amines is 1. The number of hydrogen-bond donors (Lipinski definition) is 3. The molecule has 0 bridgehead atoms. The number of carboxylic acids is 2. The van der Waals surface area contributed by atoms with Gasteiger partial charge >= 0.3 is 11.9 Å². The van der Waals surface area contributed by atoms with Gasteiger partial charge in [-0.05, 0) is 24.1 Å². The number of H-pyrrole nitrogens is 1. The van der Waals surface area contributed by atoms with E-state index in [0.717, 1.165) is 17.5 Å². The lowest BCUT2D eigenvalue weighted by atomic mass is 10.0. The minimum absolute atomic E-state index is 0.357. The Hall–Kier alpha value is -3.16. The first-order chi connectivity index (χ1) is 12.0. The maximum atomic E-state index is 9.10. The Labute approximate surface area is 144 Å². The van der Waals surface area contributed by atoms with E-state index in [1.807, 2.05) is 18.7 Å². The van der Waals surface area contributed by atoms with E-state index < -0.39 is 11.9 Å². The third-order valence-electron chi connectivity index (χ3n) is 3.73. The maximum absolute atomic E-state index is 9.10. The molecule has 0 aliphatic carbocycles. The van der Waals surface area contributed by atoms with Crippen molar-refractivity contribution in [1.29, 1.82) is 0 Å². The van der Waals surface area contributed by atoms with Gasteiger partial charge in [0.2, 0.25) is 0 Å². The van der Waals surface area contributed by atoms with Crippen LogP contribution in [0.4, 0.5) is 0 Å². The number of carboxylic acid groups (broad SMARTS) is 2. The summed E-state index contributed by atoms with van der Waals surface area (Å²) in [5, 5.41) is 14.8. The highest BCUT2D eigenvalue weighted by Gasteiger charge is 2.13. The third kappa shape index (κ3) is 4.90. The van der Waals surface area contributed by atoms with E-state index in [0.29, 0.717) is 6.04 Å². The summed E-state index contributed by atoms with van der Waals surface area (Å²) >= 11 is 0. The highest BCUT2D eigenvalue weighted by Crippen LogP contribution is 2.26. The molecule has 2 aromatic heterocycles. The molecule has 0 aliphatic heterocycles. The van der Waals surface area contributed by atoms with Gasteiger partial charge in [-0.25, -0.2) is 19.6 Å². The number of rotatable bonds is 5. The highest BCUT2D eigenvalue weighted by molar-refractivity contribution is 6.27. The number of aliphatic carboxylic acids is 2. The normalized spacial score (nSPS) is 11.6. The van der Waals surface area contributed by atoms with Crippen molar-refractivity contribution in [1.82, 2.24) is 19.5 Å². The van der Waals surface area contributed by atoms with Crippen molar-refractivity contribution in [2.24, 2.45) is 0 Å². The van der Waals surface area contributed by atoms with Crippen LogP contribution in [0.3, 0.4) is 0 Å². The van der Waals surface area contributed by atoms with Crippen LogP contribution in [0.2, 0.25) is 0 Å². The van der Waals surface area contributed by atoms with Gasteiger partial charge in [0.05, 0.1) is 29.7 Å². The summed E-state index contributed by atoms with van der Waals surface area (Å²) in [5.74, 6) is -3.65. The highest BCUT2D eigenvalue weighted by atomic mass is 16.4. The van der Waals surface area contributed by atoms with E-state index >= 15 is 0 Å². The van der Waals surface area contributed by atoms with Gasteiger partial charge in [0, 0.05) is 12.4 Å². The van der Waals surface area contributed by atoms with E-state index in [-0.39, 0.29) is 0 Å². The van der Waals surface area contributed by atoms with Gasteiger partial charge in [-0.3, -0.25) is 0 Å². The van der Waals surface area contributed by atoms with Crippen molar-refractivity contribution >= 4 is 23.0 Å². The van der Waals surface area contributed by atoms with Crippen molar-refractivity contribution in [3.63, 3.8) is 0 Å². The lowest BCUT2D eigenvalue weighted by molar-refractivity contribution is -0.159. The second kappa shape index (κ2) is 8.62. The van der Waals surface area contributed by atoms with Crippen LogP contribution in [0.25, 0.3) is 11.0 Å². The summed E-state index contributed by atoms with van der Waals surface area (Å²) in [4.78, 5) is 29.8. The zero-order chi connectivity index (χ0) is 18.2. The largest absolute Gasteiger partial charge is 0.473 e. The van der Waals surface area contributed by atoms with Crippen LogP contribution in [0.1, 0.15) is 37.8 Å². The number of unbranched alkanes of at least 4 members (excludes halogenated alkanes) is 1. The van der Waals surface area contributed by atoms with Crippen molar-refractivity contribution in [3.05, 3.63) is 48.8 Å². The number of imidazole rings is 2. The van der Waals surface area contributed by atoms with Crippen molar-refractivity contribution in [2.45, 2.75) is 32.2 Å². The fraction of sp³-hybridized carbons (Fsp3) is 0.294. The van der Waals surface area contributed by atoms with Gasteiger partial charge in [0.25, 0.3) is 0 Å². The Morgan fingerprint density at radius 3 is 2.64 bits per heavy atom. The van der Waals surface area contributed by atoms with Crippen LogP contribution in [0.5, 0.6) is 0 Å². The number of carbonyl (C=O) groups is 2. The van der Waals surface area contributed by atoms with Crippen LogP contribution >= 0.6 is 0 Å². The first kappa shape index (κ1) is 18.2. The van der Waals surface area contributed by atoms with Crippen LogP contribution in [0.15, 0.2) is 43.2 Å². The molecule has 8 heteroatoms. The average Bonchev–Trinajstić information content (AvgIpc) is 3.27. The molecule has 0 saturated heterocycles. The molecule has 1 aromatic carbocycles. The van der Waals surface area contributed by atoms with Crippen LogP contribution in [-0.2, 0) is 9.59 Å². The Bertz CT molecular complexity index is 814. The molecule has 2 heterocycles. The number of fused-ring (bicyclic) bond motifs is 1. The summed E-state index contributed by atoms with van der Waals surface area (Å²) in [6.45, 7) is 2.23. The van der Waals surface area contributed by atoms with Gasteiger partial charge in [-0.1, -0.05) is 25.8 Å². The van der Waals surface area contributed by atoms with Gasteiger partial charge < -0.3 is 19.8 Å². The quantitative estimate of drug-likeness (QED) is 0.612. The molecule has 3 aromatic rings. The first-order valence-corrected chi connectivity index (χ1v) is 7.89. The molecular weight excluding hydrogens is 324 g/mol. The zero-order valence-corrected chi connectivity index (χ0v) is 13.8. The number of nitrogens with zero attached hydrogens (tertiary/aromatic N) is 3. The van der Waals surface area contributed by atoms with Crippen LogP contribution in [0, 0.1) is 0 Å². The second-order valence-corrected chi connectivity index (χ2v) is 5.46. The molecule has 0 amide bonds. The number of benzene rings is 1. The molecule has 3 N–H and O–H groups in total. The SMILES string of the molecule is CCCCC(c1ccc2nc[nH]c2c1)n1ccnc1.O=C(O)C(=O)O. The minimum atomic E-state index is -1.82. The molecule has 25 heavy (non-hydrogen) atoms. The number of nitrogens with one attached hydrogen (secondary N) is 1. The molecule has 0 spiro atoms. The van der Waals surface area contributed by atoms with E-state index in [9.17, 15) is 0 Å². The molecule has 0 fully saturated rings. The van der Waals surface area contributed by atoms with Crippen molar-refractivity contribution < 1.29 is 19.8 Å². The monoisotopic (exact) mass is 344 g/mol. The number of aromatic nitrogens is 4.